The number of benzene rings is 1. The molecule has 2 fully saturated rings. The standard InChI is InChI=1S/C22H26Cl2N2O2S/c1-14-10-15(23)20(24)19(11-14)29-21-18(28)12-17(16(13-27)25-21)26-8-6-22(7-9-26)4-2-3-5-22/h10-12,27-28H,2-9,13H2,1H3. The summed E-state index contributed by atoms with van der Waals surface area (Å²) in [6.45, 7) is 3.66. The lowest BCUT2D eigenvalue weighted by Crippen LogP contribution is -2.39. The number of nitrogens with zero attached hydrogens (tertiary/aromatic N) is 2. The van der Waals surface area contributed by atoms with E-state index < -0.39 is 0 Å². The number of aromatic hydroxyl groups is 1. The van der Waals surface area contributed by atoms with Gasteiger partial charge in [0.15, 0.2) is 0 Å². The minimum atomic E-state index is -0.173. The predicted molar refractivity (Wildman–Crippen MR) is 119 cm³/mol. The highest BCUT2D eigenvalue weighted by molar-refractivity contribution is 7.99. The summed E-state index contributed by atoms with van der Waals surface area (Å²) in [5.41, 5.74) is 2.91. The van der Waals surface area contributed by atoms with E-state index in [2.05, 4.69) is 9.88 Å². The zero-order valence-corrected chi connectivity index (χ0v) is 18.9. The van der Waals surface area contributed by atoms with Crippen LogP contribution in [-0.4, -0.2) is 28.3 Å². The minimum Gasteiger partial charge on any atom is -0.505 e. The number of aryl methyl sites for hydroxylation is 1. The van der Waals surface area contributed by atoms with Gasteiger partial charge in [0.2, 0.25) is 0 Å². The van der Waals surface area contributed by atoms with E-state index in [0.29, 0.717) is 26.2 Å². The lowest BCUT2D eigenvalue weighted by molar-refractivity contribution is 0.225. The Kier molecular flexibility index (Phi) is 6.22. The Morgan fingerprint density at radius 2 is 1.79 bits per heavy atom. The highest BCUT2D eigenvalue weighted by Gasteiger charge is 2.37. The molecule has 0 atom stereocenters. The fraction of sp³-hybridized carbons (Fsp3) is 0.500. The molecule has 4 nitrogen and oxygen atoms in total. The van der Waals surface area contributed by atoms with Crippen LogP contribution in [0.2, 0.25) is 10.0 Å². The van der Waals surface area contributed by atoms with Crippen molar-refractivity contribution in [2.45, 2.75) is 62.0 Å². The molecule has 2 N–H and O–H groups in total. The van der Waals surface area contributed by atoms with Gasteiger partial charge in [-0.25, -0.2) is 4.98 Å². The van der Waals surface area contributed by atoms with Crippen molar-refractivity contribution < 1.29 is 10.2 Å². The van der Waals surface area contributed by atoms with E-state index in [1.165, 1.54) is 50.3 Å². The molecular formula is C22H26Cl2N2O2S. The molecule has 1 aromatic carbocycles. The van der Waals surface area contributed by atoms with Crippen molar-refractivity contribution in [3.8, 4) is 5.75 Å². The van der Waals surface area contributed by atoms with Gasteiger partial charge < -0.3 is 15.1 Å². The summed E-state index contributed by atoms with van der Waals surface area (Å²) in [6.07, 6.45) is 7.72. The third kappa shape index (κ3) is 4.34. The first-order chi connectivity index (χ1) is 13.9. The Balaban J connectivity index is 1.58. The van der Waals surface area contributed by atoms with Gasteiger partial charge in [-0.05, 0) is 55.7 Å². The first-order valence-electron chi connectivity index (χ1n) is 10.1. The van der Waals surface area contributed by atoms with Gasteiger partial charge in [-0.3, -0.25) is 0 Å². The number of anilines is 1. The molecule has 0 bridgehead atoms. The fourth-order valence-corrected chi connectivity index (χ4v) is 6.22. The smallest absolute Gasteiger partial charge is 0.150 e. The largest absolute Gasteiger partial charge is 0.505 e. The van der Waals surface area contributed by atoms with Gasteiger partial charge in [-0.1, -0.05) is 47.8 Å². The number of aromatic nitrogens is 1. The van der Waals surface area contributed by atoms with Gasteiger partial charge >= 0.3 is 0 Å². The monoisotopic (exact) mass is 452 g/mol. The third-order valence-corrected chi connectivity index (χ3v) is 8.30. The lowest BCUT2D eigenvalue weighted by Gasteiger charge is -2.41. The van der Waals surface area contributed by atoms with E-state index in [9.17, 15) is 10.2 Å². The second-order valence-corrected chi connectivity index (χ2v) is 10.1. The van der Waals surface area contributed by atoms with Gasteiger partial charge in [-0.2, -0.15) is 0 Å². The van der Waals surface area contributed by atoms with Gasteiger partial charge in [0.05, 0.1) is 28.0 Å². The molecular weight excluding hydrogens is 427 g/mol. The van der Waals surface area contributed by atoms with Crippen molar-refractivity contribution in [3.63, 3.8) is 0 Å². The quantitative estimate of drug-likeness (QED) is 0.577. The van der Waals surface area contributed by atoms with E-state index >= 15 is 0 Å². The lowest BCUT2D eigenvalue weighted by atomic mass is 9.77. The summed E-state index contributed by atoms with van der Waals surface area (Å²) in [5, 5.41) is 22.0. The van der Waals surface area contributed by atoms with E-state index in [4.69, 9.17) is 23.2 Å². The van der Waals surface area contributed by atoms with Crippen LogP contribution in [0.4, 0.5) is 5.69 Å². The van der Waals surface area contributed by atoms with Crippen LogP contribution in [-0.2, 0) is 6.61 Å². The third-order valence-electron chi connectivity index (χ3n) is 6.35. The van der Waals surface area contributed by atoms with Crippen LogP contribution >= 0.6 is 35.0 Å². The first-order valence-corrected chi connectivity index (χ1v) is 11.7. The van der Waals surface area contributed by atoms with Crippen LogP contribution < -0.4 is 4.90 Å². The zero-order valence-electron chi connectivity index (χ0n) is 16.5. The average molecular weight is 453 g/mol. The molecule has 29 heavy (non-hydrogen) atoms. The van der Waals surface area contributed by atoms with Crippen molar-refractivity contribution in [2.24, 2.45) is 5.41 Å². The molecule has 7 heteroatoms. The molecule has 4 rings (SSSR count). The summed E-state index contributed by atoms with van der Waals surface area (Å²) in [5.74, 6) is 0.0945. The van der Waals surface area contributed by atoms with Crippen molar-refractivity contribution in [1.82, 2.24) is 4.98 Å². The maximum absolute atomic E-state index is 10.7. The van der Waals surface area contributed by atoms with Gasteiger partial charge in [0.1, 0.15) is 10.8 Å². The molecule has 1 spiro atoms. The predicted octanol–water partition coefficient (Wildman–Crippen LogP) is 6.21. The SMILES string of the molecule is Cc1cc(Cl)c(Cl)c(Sc2nc(CO)c(N3CCC4(CCCC4)CC3)cc2O)c1. The Morgan fingerprint density at radius 1 is 1.10 bits per heavy atom. The molecule has 0 amide bonds. The number of aliphatic hydroxyl groups is 1. The summed E-state index contributed by atoms with van der Waals surface area (Å²) < 4.78 is 0. The summed E-state index contributed by atoms with van der Waals surface area (Å²) in [4.78, 5) is 7.56. The van der Waals surface area contributed by atoms with Crippen molar-refractivity contribution >= 4 is 40.7 Å². The normalized spacial score (nSPS) is 18.6. The highest BCUT2D eigenvalue weighted by atomic mass is 35.5. The van der Waals surface area contributed by atoms with Gasteiger partial charge in [0.25, 0.3) is 0 Å². The molecule has 1 saturated heterocycles. The number of rotatable bonds is 4. The van der Waals surface area contributed by atoms with E-state index in [1.807, 2.05) is 13.0 Å². The molecule has 2 heterocycles. The van der Waals surface area contributed by atoms with Crippen molar-refractivity contribution in [2.75, 3.05) is 18.0 Å². The van der Waals surface area contributed by atoms with Crippen LogP contribution in [0.25, 0.3) is 0 Å². The molecule has 0 radical (unpaired) electrons. The Bertz CT molecular complexity index is 906. The van der Waals surface area contributed by atoms with Crippen LogP contribution in [0.15, 0.2) is 28.1 Å². The van der Waals surface area contributed by atoms with Crippen LogP contribution in [0.5, 0.6) is 5.75 Å². The molecule has 1 aliphatic carbocycles. The molecule has 1 aliphatic heterocycles. The van der Waals surface area contributed by atoms with Crippen LogP contribution in [0.1, 0.15) is 49.8 Å². The molecule has 1 aromatic heterocycles. The minimum absolute atomic E-state index is 0.0945. The maximum Gasteiger partial charge on any atom is 0.150 e. The molecule has 156 valence electrons. The van der Waals surface area contributed by atoms with Crippen LogP contribution in [0, 0.1) is 12.3 Å². The Morgan fingerprint density at radius 3 is 2.45 bits per heavy atom. The Hall–Kier alpha value is -1.14. The van der Waals surface area contributed by atoms with Crippen molar-refractivity contribution in [3.05, 3.63) is 39.5 Å². The molecule has 2 aliphatic rings. The maximum atomic E-state index is 10.7. The highest BCUT2D eigenvalue weighted by Crippen LogP contribution is 2.47. The average Bonchev–Trinajstić information content (AvgIpc) is 3.15. The fourth-order valence-electron chi connectivity index (χ4n) is 4.70. The van der Waals surface area contributed by atoms with Gasteiger partial charge in [0, 0.05) is 24.1 Å². The summed E-state index contributed by atoms with van der Waals surface area (Å²) in [7, 11) is 0. The number of piperidine rings is 1. The van der Waals surface area contributed by atoms with E-state index in [0.717, 1.165) is 29.2 Å². The number of hydrogen-bond acceptors (Lipinski definition) is 5. The zero-order chi connectivity index (χ0) is 20.6. The molecule has 1 saturated carbocycles. The van der Waals surface area contributed by atoms with Gasteiger partial charge in [-0.15, -0.1) is 0 Å². The van der Waals surface area contributed by atoms with E-state index in [1.54, 1.807) is 12.1 Å². The number of pyridine rings is 1. The second-order valence-electron chi connectivity index (χ2n) is 8.29. The summed E-state index contributed by atoms with van der Waals surface area (Å²) in [6, 6.07) is 5.45. The first kappa shape index (κ1) is 21.1. The van der Waals surface area contributed by atoms with E-state index in [-0.39, 0.29) is 12.4 Å². The number of aliphatic hydroxyl groups excluding tert-OH is 1. The number of hydrogen-bond donors (Lipinski definition) is 2. The Labute approximate surface area is 186 Å². The summed E-state index contributed by atoms with van der Waals surface area (Å²) >= 11 is 13.8. The van der Waals surface area contributed by atoms with Crippen LogP contribution in [0.3, 0.4) is 0 Å². The second kappa shape index (κ2) is 8.54. The topological polar surface area (TPSA) is 56.6 Å². The molecule has 0 unspecified atom stereocenters. The molecule has 2 aromatic rings. The number of halogens is 2. The van der Waals surface area contributed by atoms with Crippen molar-refractivity contribution in [1.29, 1.82) is 0 Å².